The summed E-state index contributed by atoms with van der Waals surface area (Å²) >= 11 is 5.27. The van der Waals surface area contributed by atoms with Crippen molar-refractivity contribution in [1.29, 1.82) is 0 Å². The smallest absolute Gasteiger partial charge is 0.331 e. The fourth-order valence-electron chi connectivity index (χ4n) is 2.69. The molecule has 108 valence electrons. The second kappa shape index (κ2) is 4.62. The highest BCUT2D eigenvalue weighted by Crippen LogP contribution is 2.38. The van der Waals surface area contributed by atoms with Gasteiger partial charge in [0.05, 0.1) is 16.6 Å². The molecule has 1 N–H and O–H groups in total. The first-order valence-corrected chi connectivity index (χ1v) is 7.08. The molecule has 0 saturated heterocycles. The zero-order valence-corrected chi connectivity index (χ0v) is 11.8. The summed E-state index contributed by atoms with van der Waals surface area (Å²) in [4.78, 5) is 2.89. The molecule has 1 saturated carbocycles. The van der Waals surface area contributed by atoms with E-state index in [1.54, 1.807) is 0 Å². The number of H-pyrrole nitrogens is 1. The Kier molecular flexibility index (Phi) is 3.16. The summed E-state index contributed by atoms with van der Waals surface area (Å²) in [7, 11) is 0. The van der Waals surface area contributed by atoms with Crippen LogP contribution in [0.3, 0.4) is 0 Å². The van der Waals surface area contributed by atoms with Crippen LogP contribution in [0.1, 0.15) is 37.8 Å². The Morgan fingerprint density at radius 2 is 2.10 bits per heavy atom. The van der Waals surface area contributed by atoms with Crippen molar-refractivity contribution in [3.63, 3.8) is 0 Å². The van der Waals surface area contributed by atoms with Gasteiger partial charge in [-0.2, -0.15) is 13.2 Å². The first kappa shape index (κ1) is 13.7. The van der Waals surface area contributed by atoms with E-state index in [9.17, 15) is 13.2 Å². The van der Waals surface area contributed by atoms with E-state index in [1.165, 1.54) is 18.9 Å². The number of hydrogen-bond donors (Lipinski definition) is 1. The normalized spacial score (nSPS) is 17.6. The lowest BCUT2D eigenvalue weighted by molar-refractivity contribution is -0.137. The van der Waals surface area contributed by atoms with Crippen LogP contribution in [0.2, 0.25) is 0 Å². The molecule has 0 aliphatic heterocycles. The monoisotopic (exact) mass is 300 g/mol. The number of nitrogens with one attached hydrogen (secondary N) is 1. The third-order valence-electron chi connectivity index (χ3n) is 3.86. The number of rotatable bonds is 3. The molecular weight excluding hydrogens is 285 g/mol. The first-order valence-electron chi connectivity index (χ1n) is 6.67. The zero-order valence-electron chi connectivity index (χ0n) is 11.0. The molecule has 0 radical (unpaired) electrons. The van der Waals surface area contributed by atoms with Crippen LogP contribution in [0, 0.1) is 10.7 Å². The van der Waals surface area contributed by atoms with Crippen LogP contribution in [-0.2, 0) is 6.18 Å². The fourth-order valence-corrected chi connectivity index (χ4v) is 3.07. The van der Waals surface area contributed by atoms with Gasteiger partial charge in [-0.25, -0.2) is 0 Å². The molecule has 1 heterocycles. The molecular formula is C14H15F3N2S. The van der Waals surface area contributed by atoms with Crippen LogP contribution in [0.5, 0.6) is 0 Å². The van der Waals surface area contributed by atoms with E-state index in [2.05, 4.69) is 11.9 Å². The molecule has 20 heavy (non-hydrogen) atoms. The highest BCUT2D eigenvalue weighted by Gasteiger charge is 2.31. The van der Waals surface area contributed by atoms with E-state index in [1.807, 2.05) is 4.57 Å². The van der Waals surface area contributed by atoms with Crippen molar-refractivity contribution in [3.8, 4) is 0 Å². The summed E-state index contributed by atoms with van der Waals surface area (Å²) in [6.45, 7) is 2.07. The van der Waals surface area contributed by atoms with Crippen molar-refractivity contribution >= 4 is 23.3 Å². The third kappa shape index (κ3) is 2.49. The van der Waals surface area contributed by atoms with Gasteiger partial charge in [-0.3, -0.25) is 0 Å². The van der Waals surface area contributed by atoms with Crippen LogP contribution in [0.4, 0.5) is 13.2 Å². The van der Waals surface area contributed by atoms with E-state index >= 15 is 0 Å². The largest absolute Gasteiger partial charge is 0.416 e. The predicted octanol–water partition coefficient (Wildman–Crippen LogP) is 5.08. The fraction of sp³-hybridized carbons (Fsp3) is 0.500. The Labute approximate surface area is 119 Å². The number of nitrogens with zero attached hydrogens (tertiary/aromatic N) is 1. The van der Waals surface area contributed by atoms with Gasteiger partial charge in [0.2, 0.25) is 0 Å². The number of imidazole rings is 1. The van der Waals surface area contributed by atoms with Crippen molar-refractivity contribution in [2.24, 2.45) is 5.92 Å². The Balaban J connectivity index is 2.05. The van der Waals surface area contributed by atoms with Crippen LogP contribution in [-0.4, -0.2) is 9.55 Å². The van der Waals surface area contributed by atoms with Crippen molar-refractivity contribution in [3.05, 3.63) is 28.5 Å². The average Bonchev–Trinajstić information content (AvgIpc) is 3.07. The van der Waals surface area contributed by atoms with Crippen molar-refractivity contribution in [2.45, 2.75) is 38.4 Å². The Morgan fingerprint density at radius 1 is 1.40 bits per heavy atom. The SMILES string of the molecule is CC(CC1CC1)n1c(=S)[nH]c2cc(C(F)(F)F)ccc21. The Hall–Kier alpha value is -1.30. The predicted molar refractivity (Wildman–Crippen MR) is 74.2 cm³/mol. The van der Waals surface area contributed by atoms with Crippen LogP contribution in [0.25, 0.3) is 11.0 Å². The van der Waals surface area contributed by atoms with Crippen LogP contribution >= 0.6 is 12.2 Å². The van der Waals surface area contributed by atoms with Gasteiger partial charge in [0, 0.05) is 6.04 Å². The second-order valence-corrected chi connectivity index (χ2v) is 5.94. The van der Waals surface area contributed by atoms with Crippen molar-refractivity contribution in [2.75, 3.05) is 0 Å². The van der Waals surface area contributed by atoms with E-state index in [4.69, 9.17) is 12.2 Å². The van der Waals surface area contributed by atoms with Gasteiger partial charge in [-0.15, -0.1) is 0 Å². The van der Waals surface area contributed by atoms with Gasteiger partial charge >= 0.3 is 6.18 Å². The summed E-state index contributed by atoms with van der Waals surface area (Å²) < 4.78 is 40.6. The minimum atomic E-state index is -4.33. The minimum absolute atomic E-state index is 0.209. The molecule has 0 spiro atoms. The van der Waals surface area contributed by atoms with Gasteiger partial charge in [-0.1, -0.05) is 12.8 Å². The molecule has 1 aromatic carbocycles. The van der Waals surface area contributed by atoms with E-state index < -0.39 is 11.7 Å². The molecule has 6 heteroatoms. The van der Waals surface area contributed by atoms with Gasteiger partial charge in [0.15, 0.2) is 4.77 Å². The molecule has 1 atom stereocenters. The quantitative estimate of drug-likeness (QED) is 0.784. The lowest BCUT2D eigenvalue weighted by Crippen LogP contribution is -2.07. The number of halogens is 3. The van der Waals surface area contributed by atoms with Crippen molar-refractivity contribution in [1.82, 2.24) is 9.55 Å². The third-order valence-corrected chi connectivity index (χ3v) is 4.15. The van der Waals surface area contributed by atoms with Crippen LogP contribution < -0.4 is 0 Å². The topological polar surface area (TPSA) is 20.7 Å². The molecule has 2 aromatic rings. The maximum Gasteiger partial charge on any atom is 0.416 e. The van der Waals surface area contributed by atoms with Gasteiger partial charge < -0.3 is 9.55 Å². The number of alkyl halides is 3. The molecule has 0 bridgehead atoms. The Morgan fingerprint density at radius 3 is 2.70 bits per heavy atom. The number of fused-ring (bicyclic) bond motifs is 1. The molecule has 1 aliphatic rings. The standard InChI is InChI=1S/C14H15F3N2S/c1-8(6-9-2-3-9)19-12-5-4-10(14(15,16)17)7-11(12)18-13(19)20/h4-5,7-9H,2-3,6H2,1H3,(H,18,20). The van der Waals surface area contributed by atoms with Crippen LogP contribution in [0.15, 0.2) is 18.2 Å². The minimum Gasteiger partial charge on any atom is -0.331 e. The van der Waals surface area contributed by atoms with Gasteiger partial charge in [0.25, 0.3) is 0 Å². The molecule has 2 nitrogen and oxygen atoms in total. The molecule has 1 aliphatic carbocycles. The van der Waals surface area contributed by atoms with Gasteiger partial charge in [0.1, 0.15) is 0 Å². The van der Waals surface area contributed by atoms with Gasteiger partial charge in [-0.05, 0) is 49.7 Å². The summed E-state index contributed by atoms with van der Waals surface area (Å²) in [5.41, 5.74) is 0.548. The van der Waals surface area contributed by atoms with E-state index in [0.717, 1.165) is 30.0 Å². The summed E-state index contributed by atoms with van der Waals surface area (Å²) in [5, 5.41) is 0. The summed E-state index contributed by atoms with van der Waals surface area (Å²) in [6.07, 6.45) is -0.801. The zero-order chi connectivity index (χ0) is 14.5. The summed E-state index contributed by atoms with van der Waals surface area (Å²) in [6, 6.07) is 3.96. The molecule has 1 unspecified atom stereocenters. The molecule has 1 aromatic heterocycles. The number of aromatic nitrogens is 2. The number of hydrogen-bond acceptors (Lipinski definition) is 1. The lowest BCUT2D eigenvalue weighted by Gasteiger charge is -2.14. The molecule has 1 fully saturated rings. The van der Waals surface area contributed by atoms with Crippen molar-refractivity contribution < 1.29 is 13.2 Å². The maximum absolute atomic E-state index is 12.7. The van der Waals surface area contributed by atoms with E-state index in [0.29, 0.717) is 10.3 Å². The summed E-state index contributed by atoms with van der Waals surface area (Å²) in [5.74, 6) is 0.742. The first-order chi connectivity index (χ1) is 9.36. The number of benzene rings is 1. The Bertz CT molecular complexity index is 694. The highest BCUT2D eigenvalue weighted by atomic mass is 32.1. The van der Waals surface area contributed by atoms with E-state index in [-0.39, 0.29) is 6.04 Å². The molecule has 3 rings (SSSR count). The highest BCUT2D eigenvalue weighted by molar-refractivity contribution is 7.71. The second-order valence-electron chi connectivity index (χ2n) is 5.56. The molecule has 0 amide bonds. The average molecular weight is 300 g/mol. The maximum atomic E-state index is 12.7. The lowest BCUT2D eigenvalue weighted by atomic mass is 10.1. The number of aromatic amines is 1.